The Kier molecular flexibility index (Phi) is 9.02. The van der Waals surface area contributed by atoms with Gasteiger partial charge in [0.05, 0.1) is 29.6 Å². The lowest BCUT2D eigenvalue weighted by molar-refractivity contribution is -0.175. The van der Waals surface area contributed by atoms with Gasteiger partial charge in [-0.15, -0.1) is 0 Å². The van der Waals surface area contributed by atoms with Crippen LogP contribution in [0.15, 0.2) is 0 Å². The lowest BCUT2D eigenvalue weighted by Crippen LogP contribution is -2.46. The lowest BCUT2D eigenvalue weighted by atomic mass is 9.58. The summed E-state index contributed by atoms with van der Waals surface area (Å²) in [7, 11) is 0. The van der Waals surface area contributed by atoms with Gasteiger partial charge in [-0.3, -0.25) is 24.0 Å². The van der Waals surface area contributed by atoms with Gasteiger partial charge in [-0.2, -0.15) is 0 Å². The van der Waals surface area contributed by atoms with Crippen LogP contribution in [-0.4, -0.2) is 46.6 Å². The van der Waals surface area contributed by atoms with Gasteiger partial charge in [-0.05, 0) is 195 Å². The van der Waals surface area contributed by atoms with E-state index in [0.29, 0.717) is 53.3 Å². The average Bonchev–Trinajstić information content (AvgIpc) is 3.97. The SMILES string of the molecule is CC(CC(CC1C(=O)OC(=O)C1C1C(C)C2CC1C1C3CC(CC3C(=O)OC(C)(C)C)C21)C(=O)OC1(C)CC2CC1C1CCCC21)C(=O)OC1(C)CC2CCC1C2. The number of cyclic esters (lactones) is 2. The zero-order valence-electron chi connectivity index (χ0n) is 35.5. The first kappa shape index (κ1) is 38.7. The van der Waals surface area contributed by atoms with Crippen molar-refractivity contribution in [1.82, 2.24) is 0 Å². The highest BCUT2D eigenvalue weighted by molar-refractivity contribution is 5.97. The molecule has 10 fully saturated rings. The van der Waals surface area contributed by atoms with Crippen molar-refractivity contribution in [2.75, 3.05) is 0 Å². The fourth-order valence-corrected chi connectivity index (χ4v) is 17.4. The first-order valence-corrected chi connectivity index (χ1v) is 23.4. The maximum absolute atomic E-state index is 14.7. The molecule has 0 spiro atoms. The molecule has 9 heteroatoms. The molecule has 0 radical (unpaired) electrons. The molecule has 314 valence electrons. The van der Waals surface area contributed by atoms with Crippen molar-refractivity contribution in [1.29, 1.82) is 0 Å². The molecule has 0 N–H and O–H groups in total. The third kappa shape index (κ3) is 6.04. The predicted octanol–water partition coefficient (Wildman–Crippen LogP) is 8.35. The van der Waals surface area contributed by atoms with E-state index in [9.17, 15) is 24.0 Å². The molecular weight excluding hydrogens is 721 g/mol. The quantitative estimate of drug-likeness (QED) is 0.0931. The summed E-state index contributed by atoms with van der Waals surface area (Å²) in [6.45, 7) is 14.1. The second-order valence-corrected chi connectivity index (χ2v) is 23.2. The number of carbonyl (C=O) groups is 5. The van der Waals surface area contributed by atoms with Gasteiger partial charge in [0.25, 0.3) is 0 Å². The smallest absolute Gasteiger partial charge is 0.317 e. The van der Waals surface area contributed by atoms with Crippen LogP contribution in [0.25, 0.3) is 0 Å². The van der Waals surface area contributed by atoms with E-state index in [2.05, 4.69) is 20.8 Å². The van der Waals surface area contributed by atoms with E-state index in [0.717, 1.165) is 57.3 Å². The van der Waals surface area contributed by atoms with Crippen molar-refractivity contribution in [3.05, 3.63) is 0 Å². The second kappa shape index (κ2) is 13.3. The van der Waals surface area contributed by atoms with E-state index in [1.54, 1.807) is 0 Å². The fraction of sp³-hybridized carbons (Fsp3) is 0.896. The number of esters is 5. The summed E-state index contributed by atoms with van der Waals surface area (Å²) >= 11 is 0. The molecule has 0 aromatic heterocycles. The molecular formula is C48H68O9. The van der Waals surface area contributed by atoms with Gasteiger partial charge < -0.3 is 18.9 Å². The van der Waals surface area contributed by atoms with Crippen LogP contribution in [0.3, 0.4) is 0 Å². The first-order chi connectivity index (χ1) is 26.9. The Bertz CT molecular complexity index is 1710. The minimum atomic E-state index is -0.779. The van der Waals surface area contributed by atoms with E-state index >= 15 is 0 Å². The average molecular weight is 789 g/mol. The van der Waals surface area contributed by atoms with E-state index in [4.69, 9.17) is 18.9 Å². The van der Waals surface area contributed by atoms with E-state index in [1.165, 1.54) is 25.7 Å². The Labute approximate surface area is 339 Å². The maximum Gasteiger partial charge on any atom is 0.317 e. The van der Waals surface area contributed by atoms with Gasteiger partial charge in [0.1, 0.15) is 16.8 Å². The Hall–Kier alpha value is -2.45. The largest absolute Gasteiger partial charge is 0.460 e. The number of hydrogen-bond donors (Lipinski definition) is 0. The molecule has 0 aromatic rings. The third-order valence-electron chi connectivity index (χ3n) is 19.2. The number of rotatable bonds is 10. The van der Waals surface area contributed by atoms with Crippen LogP contribution in [0, 0.1) is 112 Å². The Morgan fingerprint density at radius 1 is 0.772 bits per heavy atom. The summed E-state index contributed by atoms with van der Waals surface area (Å²) < 4.78 is 24.5. The van der Waals surface area contributed by atoms with Crippen LogP contribution in [0.2, 0.25) is 0 Å². The summed E-state index contributed by atoms with van der Waals surface area (Å²) in [6.07, 6.45) is 13.3. The zero-order valence-corrected chi connectivity index (χ0v) is 35.5. The highest BCUT2D eigenvalue weighted by Crippen LogP contribution is 2.73. The zero-order chi connectivity index (χ0) is 40.1. The van der Waals surface area contributed by atoms with Gasteiger partial charge in [-0.25, -0.2) is 0 Å². The number of carbonyl (C=O) groups excluding carboxylic acids is 5. The van der Waals surface area contributed by atoms with E-state index in [1.807, 2.05) is 27.7 Å². The van der Waals surface area contributed by atoms with Gasteiger partial charge in [0.15, 0.2) is 0 Å². The van der Waals surface area contributed by atoms with Crippen molar-refractivity contribution in [2.24, 2.45) is 112 Å². The van der Waals surface area contributed by atoms with Crippen LogP contribution >= 0.6 is 0 Å². The molecule has 0 amide bonds. The van der Waals surface area contributed by atoms with Crippen LogP contribution in [0.5, 0.6) is 0 Å². The Morgan fingerprint density at radius 3 is 2.25 bits per heavy atom. The molecule has 10 aliphatic rings. The van der Waals surface area contributed by atoms with Gasteiger partial charge >= 0.3 is 29.8 Å². The predicted molar refractivity (Wildman–Crippen MR) is 208 cm³/mol. The van der Waals surface area contributed by atoms with Gasteiger partial charge in [0, 0.05) is 5.92 Å². The molecule has 1 heterocycles. The summed E-state index contributed by atoms with van der Waals surface area (Å²) in [5.41, 5.74) is -1.57. The molecule has 57 heavy (non-hydrogen) atoms. The number of ether oxygens (including phenoxy) is 4. The topological polar surface area (TPSA) is 122 Å². The van der Waals surface area contributed by atoms with Gasteiger partial charge in [0.2, 0.25) is 0 Å². The molecule has 10 rings (SSSR count). The molecule has 1 aliphatic heterocycles. The summed E-state index contributed by atoms with van der Waals surface area (Å²) in [5.74, 6) is 1.14. The summed E-state index contributed by atoms with van der Waals surface area (Å²) in [6, 6.07) is 0. The molecule has 9 saturated carbocycles. The summed E-state index contributed by atoms with van der Waals surface area (Å²) in [5, 5.41) is 0. The fourth-order valence-electron chi connectivity index (χ4n) is 17.4. The highest BCUT2D eigenvalue weighted by Gasteiger charge is 2.71. The van der Waals surface area contributed by atoms with Crippen molar-refractivity contribution >= 4 is 29.8 Å². The Morgan fingerprint density at radius 2 is 1.53 bits per heavy atom. The highest BCUT2D eigenvalue weighted by atomic mass is 16.6. The molecule has 21 unspecified atom stereocenters. The van der Waals surface area contributed by atoms with E-state index in [-0.39, 0.29) is 60.3 Å². The normalized spacial score (nSPS) is 50.6. The van der Waals surface area contributed by atoms with Gasteiger partial charge in [-0.1, -0.05) is 20.3 Å². The first-order valence-electron chi connectivity index (χ1n) is 23.4. The maximum atomic E-state index is 14.7. The van der Waals surface area contributed by atoms with Crippen molar-refractivity contribution in [3.63, 3.8) is 0 Å². The van der Waals surface area contributed by atoms with E-state index < -0.39 is 52.4 Å². The molecule has 21 atom stereocenters. The van der Waals surface area contributed by atoms with Crippen LogP contribution in [0.1, 0.15) is 138 Å². The molecule has 9 aliphatic carbocycles. The van der Waals surface area contributed by atoms with Crippen LogP contribution in [-0.2, 0) is 42.9 Å². The third-order valence-corrected chi connectivity index (χ3v) is 19.2. The van der Waals surface area contributed by atoms with Crippen molar-refractivity contribution < 1.29 is 42.9 Å². The molecule has 8 bridgehead atoms. The molecule has 1 saturated heterocycles. The van der Waals surface area contributed by atoms with Crippen molar-refractivity contribution in [3.8, 4) is 0 Å². The van der Waals surface area contributed by atoms with Crippen LogP contribution < -0.4 is 0 Å². The number of fused-ring (bicyclic) bond motifs is 16. The summed E-state index contributed by atoms with van der Waals surface area (Å²) in [4.78, 5) is 70.0. The monoisotopic (exact) mass is 788 g/mol. The number of hydrogen-bond acceptors (Lipinski definition) is 9. The standard InChI is InChI=1S/C48H68O9/c1-22(41(49)56-47(6)20-24-11-12-28(47)14-24)13-26(42(50)57-48(7)21-27-18-36(48)30-10-8-9-29(27)30)17-35-40(45(53)54-43(35)51)37-23(2)31-19-34(37)39-32-15-25(38(31)39)16-33(32)44(52)55-46(3,4)5/h22-40H,8-21H2,1-7H3. The van der Waals surface area contributed by atoms with Crippen molar-refractivity contribution in [2.45, 2.75) is 155 Å². The molecule has 9 nitrogen and oxygen atoms in total. The minimum Gasteiger partial charge on any atom is -0.460 e. The molecule has 0 aromatic carbocycles. The second-order valence-electron chi connectivity index (χ2n) is 23.2. The Balaban J connectivity index is 0.898. The lowest BCUT2D eigenvalue weighted by Gasteiger charge is -2.46. The van der Waals surface area contributed by atoms with Crippen LogP contribution in [0.4, 0.5) is 0 Å². The minimum absolute atomic E-state index is 0.0574.